The Morgan fingerprint density at radius 2 is 2.22 bits per heavy atom. The zero-order valence-electron chi connectivity index (χ0n) is 10.6. The molecular formula is C12H17BrN2O3. The zero-order chi connectivity index (χ0) is 13.7. The molecule has 1 rings (SSSR count). The fourth-order valence-corrected chi connectivity index (χ4v) is 1.85. The van der Waals surface area contributed by atoms with Crippen molar-refractivity contribution < 1.29 is 14.6 Å². The van der Waals surface area contributed by atoms with Gasteiger partial charge in [-0.25, -0.2) is 4.98 Å². The van der Waals surface area contributed by atoms with Crippen molar-refractivity contribution in [3.05, 3.63) is 16.7 Å². The van der Waals surface area contributed by atoms with Gasteiger partial charge in [-0.1, -0.05) is 13.8 Å². The molecule has 1 amide bonds. The fourth-order valence-electron chi connectivity index (χ4n) is 1.43. The van der Waals surface area contributed by atoms with E-state index in [-0.39, 0.29) is 5.92 Å². The van der Waals surface area contributed by atoms with Crippen LogP contribution in [-0.4, -0.2) is 29.2 Å². The highest BCUT2D eigenvalue weighted by Gasteiger charge is 2.17. The van der Waals surface area contributed by atoms with Crippen molar-refractivity contribution in [2.45, 2.75) is 26.4 Å². The highest BCUT2D eigenvalue weighted by Crippen LogP contribution is 2.20. The van der Waals surface area contributed by atoms with Gasteiger partial charge >= 0.3 is 0 Å². The van der Waals surface area contributed by atoms with Crippen molar-refractivity contribution in [1.82, 2.24) is 4.98 Å². The van der Waals surface area contributed by atoms with E-state index >= 15 is 0 Å². The van der Waals surface area contributed by atoms with Gasteiger partial charge in [0.05, 0.1) is 7.11 Å². The number of ether oxygens (including phenoxy) is 1. The quantitative estimate of drug-likeness (QED) is 0.817. The average molecular weight is 317 g/mol. The molecule has 0 aliphatic carbocycles. The minimum Gasteiger partial charge on any atom is -0.481 e. The van der Waals surface area contributed by atoms with Gasteiger partial charge in [-0.3, -0.25) is 4.79 Å². The zero-order valence-corrected chi connectivity index (χ0v) is 12.2. The fraction of sp³-hybridized carbons (Fsp3) is 0.500. The first-order valence-electron chi connectivity index (χ1n) is 5.63. The number of nitrogens with one attached hydrogen (secondary N) is 1. The lowest BCUT2D eigenvalue weighted by atomic mass is 10.1. The second-order valence-corrected chi connectivity index (χ2v) is 5.17. The van der Waals surface area contributed by atoms with Crippen LogP contribution in [0.2, 0.25) is 0 Å². The summed E-state index contributed by atoms with van der Waals surface area (Å²) in [5.74, 6) is 0.214. The third-order valence-electron chi connectivity index (χ3n) is 2.24. The maximum atomic E-state index is 11.7. The molecular weight excluding hydrogens is 300 g/mol. The number of carbonyl (C=O) groups excluding carboxylic acids is 1. The first-order valence-corrected chi connectivity index (χ1v) is 6.42. The molecule has 5 nitrogen and oxygen atoms in total. The van der Waals surface area contributed by atoms with Crippen LogP contribution in [0.25, 0.3) is 0 Å². The van der Waals surface area contributed by atoms with E-state index in [9.17, 15) is 9.90 Å². The summed E-state index contributed by atoms with van der Waals surface area (Å²) in [6, 6.07) is 3.23. The number of aromatic nitrogens is 1. The molecule has 0 aromatic carbocycles. The van der Waals surface area contributed by atoms with E-state index in [1.54, 1.807) is 12.1 Å². The van der Waals surface area contributed by atoms with Crippen LogP contribution in [-0.2, 0) is 4.79 Å². The summed E-state index contributed by atoms with van der Waals surface area (Å²) in [6.07, 6.45) is -0.585. The van der Waals surface area contributed by atoms with E-state index in [2.05, 4.69) is 26.2 Å². The molecule has 2 N–H and O–H groups in total. The summed E-state index contributed by atoms with van der Waals surface area (Å²) in [4.78, 5) is 15.8. The van der Waals surface area contributed by atoms with Crippen LogP contribution < -0.4 is 10.1 Å². The summed E-state index contributed by atoms with van der Waals surface area (Å²) in [7, 11) is 1.49. The second kappa shape index (κ2) is 6.70. The Kier molecular flexibility index (Phi) is 5.55. The van der Waals surface area contributed by atoms with Crippen LogP contribution in [0, 0.1) is 5.92 Å². The minimum atomic E-state index is -1.01. The number of hydrogen-bond acceptors (Lipinski definition) is 4. The van der Waals surface area contributed by atoms with Crippen LogP contribution in [0.3, 0.4) is 0 Å². The van der Waals surface area contributed by atoms with E-state index in [0.717, 1.165) is 0 Å². The SMILES string of the molecule is COc1cc(NC(=O)C(O)CC(C)C)cc(Br)n1. The van der Waals surface area contributed by atoms with E-state index < -0.39 is 12.0 Å². The van der Waals surface area contributed by atoms with Crippen molar-refractivity contribution in [1.29, 1.82) is 0 Å². The number of pyridine rings is 1. The van der Waals surface area contributed by atoms with Gasteiger partial charge in [0, 0.05) is 11.8 Å². The summed E-state index contributed by atoms with van der Waals surface area (Å²) < 4.78 is 5.54. The van der Waals surface area contributed by atoms with Gasteiger partial charge < -0.3 is 15.2 Å². The van der Waals surface area contributed by atoms with E-state index in [1.807, 2.05) is 13.8 Å². The number of aliphatic hydroxyl groups is 1. The van der Waals surface area contributed by atoms with Crippen molar-refractivity contribution >= 4 is 27.5 Å². The minimum absolute atomic E-state index is 0.254. The summed E-state index contributed by atoms with van der Waals surface area (Å²) in [6.45, 7) is 3.89. The summed E-state index contributed by atoms with van der Waals surface area (Å²) >= 11 is 3.22. The largest absolute Gasteiger partial charge is 0.481 e. The Bertz CT molecular complexity index is 424. The molecule has 0 bridgehead atoms. The third kappa shape index (κ3) is 4.62. The topological polar surface area (TPSA) is 71.5 Å². The Labute approximate surface area is 115 Å². The average Bonchev–Trinajstić information content (AvgIpc) is 2.27. The summed E-state index contributed by atoms with van der Waals surface area (Å²) in [5, 5.41) is 12.3. The van der Waals surface area contributed by atoms with Gasteiger partial charge in [0.1, 0.15) is 10.7 Å². The molecule has 0 fully saturated rings. The van der Waals surface area contributed by atoms with Crippen molar-refractivity contribution in [2.24, 2.45) is 5.92 Å². The number of carbonyl (C=O) groups is 1. The number of hydrogen-bond donors (Lipinski definition) is 2. The number of amides is 1. The van der Waals surface area contributed by atoms with Gasteiger partial charge in [-0.05, 0) is 34.3 Å². The van der Waals surface area contributed by atoms with Crippen molar-refractivity contribution in [3.63, 3.8) is 0 Å². The molecule has 0 saturated heterocycles. The highest BCUT2D eigenvalue weighted by molar-refractivity contribution is 9.10. The Morgan fingerprint density at radius 1 is 1.56 bits per heavy atom. The van der Waals surface area contributed by atoms with Crippen LogP contribution in [0.1, 0.15) is 20.3 Å². The lowest BCUT2D eigenvalue weighted by Crippen LogP contribution is -2.28. The lowest BCUT2D eigenvalue weighted by molar-refractivity contribution is -0.124. The van der Waals surface area contributed by atoms with Crippen molar-refractivity contribution in [2.75, 3.05) is 12.4 Å². The van der Waals surface area contributed by atoms with E-state index in [1.165, 1.54) is 7.11 Å². The molecule has 100 valence electrons. The number of aliphatic hydroxyl groups excluding tert-OH is 1. The molecule has 1 aromatic rings. The molecule has 0 aliphatic rings. The molecule has 1 aromatic heterocycles. The predicted molar refractivity (Wildman–Crippen MR) is 72.6 cm³/mol. The third-order valence-corrected chi connectivity index (χ3v) is 2.65. The second-order valence-electron chi connectivity index (χ2n) is 4.36. The molecule has 1 unspecified atom stereocenters. The van der Waals surface area contributed by atoms with Gasteiger partial charge in [0.2, 0.25) is 5.88 Å². The molecule has 1 heterocycles. The standard InChI is InChI=1S/C12H17BrN2O3/c1-7(2)4-9(16)12(17)14-8-5-10(13)15-11(6-8)18-3/h5-7,9,16H,4H2,1-3H3,(H,14,15,17). The Hall–Kier alpha value is -1.14. The Balaban J connectivity index is 2.72. The molecule has 0 radical (unpaired) electrons. The molecule has 0 saturated carbocycles. The van der Waals surface area contributed by atoms with Gasteiger partial charge in [0.25, 0.3) is 5.91 Å². The first-order chi connectivity index (χ1) is 8.42. The van der Waals surface area contributed by atoms with E-state index in [0.29, 0.717) is 22.6 Å². The number of halogens is 1. The van der Waals surface area contributed by atoms with Crippen LogP contribution >= 0.6 is 15.9 Å². The lowest BCUT2D eigenvalue weighted by Gasteiger charge is -2.13. The maximum absolute atomic E-state index is 11.7. The number of nitrogens with zero attached hydrogens (tertiary/aromatic N) is 1. The van der Waals surface area contributed by atoms with Crippen molar-refractivity contribution in [3.8, 4) is 5.88 Å². The van der Waals surface area contributed by atoms with Crippen LogP contribution in [0.4, 0.5) is 5.69 Å². The highest BCUT2D eigenvalue weighted by atomic mass is 79.9. The van der Waals surface area contributed by atoms with E-state index in [4.69, 9.17) is 4.74 Å². The van der Waals surface area contributed by atoms with Gasteiger partial charge in [-0.2, -0.15) is 0 Å². The van der Waals surface area contributed by atoms with Gasteiger partial charge in [0.15, 0.2) is 0 Å². The predicted octanol–water partition coefficient (Wildman–Crippen LogP) is 2.20. The molecule has 18 heavy (non-hydrogen) atoms. The maximum Gasteiger partial charge on any atom is 0.253 e. The normalized spacial score (nSPS) is 12.3. The number of methoxy groups -OCH3 is 1. The Morgan fingerprint density at radius 3 is 2.78 bits per heavy atom. The smallest absolute Gasteiger partial charge is 0.253 e. The monoisotopic (exact) mass is 316 g/mol. The first kappa shape index (κ1) is 14.9. The number of anilines is 1. The summed E-state index contributed by atoms with van der Waals surface area (Å²) in [5.41, 5.74) is 0.529. The molecule has 0 aliphatic heterocycles. The molecule has 0 spiro atoms. The molecule has 6 heteroatoms. The van der Waals surface area contributed by atoms with Crippen LogP contribution in [0.5, 0.6) is 5.88 Å². The van der Waals surface area contributed by atoms with Gasteiger partial charge in [-0.15, -0.1) is 0 Å². The number of rotatable bonds is 5. The molecule has 1 atom stereocenters. The van der Waals surface area contributed by atoms with Crippen LogP contribution in [0.15, 0.2) is 16.7 Å².